The van der Waals surface area contributed by atoms with Gasteiger partial charge in [0.05, 0.1) is 17.8 Å². The molecule has 2 heterocycles. The zero-order valence-corrected chi connectivity index (χ0v) is 16.1. The predicted molar refractivity (Wildman–Crippen MR) is 102 cm³/mol. The minimum absolute atomic E-state index is 0.000117. The van der Waals surface area contributed by atoms with Gasteiger partial charge < -0.3 is 20.1 Å². The third-order valence-electron chi connectivity index (χ3n) is 4.61. The second kappa shape index (κ2) is 8.51. The number of benzene rings is 1. The van der Waals surface area contributed by atoms with Gasteiger partial charge in [0.1, 0.15) is 6.61 Å². The van der Waals surface area contributed by atoms with E-state index >= 15 is 0 Å². The molecule has 0 bridgehead atoms. The van der Waals surface area contributed by atoms with Gasteiger partial charge in [-0.05, 0) is 44.4 Å². The van der Waals surface area contributed by atoms with Gasteiger partial charge >= 0.3 is 0 Å². The Kier molecular flexibility index (Phi) is 6.11. The van der Waals surface area contributed by atoms with Gasteiger partial charge in [0.2, 0.25) is 0 Å². The van der Waals surface area contributed by atoms with Gasteiger partial charge in [-0.2, -0.15) is 0 Å². The summed E-state index contributed by atoms with van der Waals surface area (Å²) in [5, 5.41) is 2.98. The number of hydrogen-bond acceptors (Lipinski definition) is 6. The number of likely N-dealkylation sites (tertiary alicyclic amines) is 1. The molecule has 0 spiro atoms. The minimum atomic E-state index is 0.000117. The van der Waals surface area contributed by atoms with E-state index in [0.29, 0.717) is 30.2 Å². The minimum Gasteiger partial charge on any atom is -0.493 e. The first-order chi connectivity index (χ1) is 12.6. The lowest BCUT2D eigenvalue weighted by atomic mass is 10.0. The second-order valence-corrected chi connectivity index (χ2v) is 7.46. The van der Waals surface area contributed by atoms with Crippen LogP contribution >= 0.6 is 11.3 Å². The average molecular weight is 375 g/mol. The fourth-order valence-electron chi connectivity index (χ4n) is 3.22. The van der Waals surface area contributed by atoms with Crippen LogP contribution in [-0.2, 0) is 6.61 Å². The SMILES string of the molecule is COc1cc(C(=O)N2CCCC[C@H]2CN)ccc1OCc1csc(C)n1. The smallest absolute Gasteiger partial charge is 0.254 e. The van der Waals surface area contributed by atoms with Crippen molar-refractivity contribution < 1.29 is 14.3 Å². The highest BCUT2D eigenvalue weighted by Gasteiger charge is 2.27. The summed E-state index contributed by atoms with van der Waals surface area (Å²) in [6.07, 6.45) is 3.11. The monoisotopic (exact) mass is 375 g/mol. The van der Waals surface area contributed by atoms with Crippen molar-refractivity contribution in [1.82, 2.24) is 9.88 Å². The van der Waals surface area contributed by atoms with E-state index in [9.17, 15) is 4.79 Å². The number of aryl methyl sites for hydroxylation is 1. The molecule has 1 atom stereocenters. The number of carbonyl (C=O) groups is 1. The van der Waals surface area contributed by atoms with Crippen LogP contribution in [0.15, 0.2) is 23.6 Å². The first-order valence-corrected chi connectivity index (χ1v) is 9.73. The highest BCUT2D eigenvalue weighted by Crippen LogP contribution is 2.30. The number of aromatic nitrogens is 1. The summed E-state index contributed by atoms with van der Waals surface area (Å²) in [5.74, 6) is 1.15. The van der Waals surface area contributed by atoms with Gasteiger partial charge in [0.25, 0.3) is 5.91 Å². The maximum Gasteiger partial charge on any atom is 0.254 e. The fourth-order valence-corrected chi connectivity index (χ4v) is 3.82. The molecule has 0 radical (unpaired) electrons. The fraction of sp³-hybridized carbons (Fsp3) is 0.474. The van der Waals surface area contributed by atoms with Gasteiger partial charge in [0.15, 0.2) is 11.5 Å². The normalized spacial score (nSPS) is 17.2. The topological polar surface area (TPSA) is 77.7 Å². The van der Waals surface area contributed by atoms with Crippen molar-refractivity contribution in [2.75, 3.05) is 20.2 Å². The van der Waals surface area contributed by atoms with Gasteiger partial charge in [-0.25, -0.2) is 4.98 Å². The summed E-state index contributed by atoms with van der Waals surface area (Å²) in [7, 11) is 1.58. The standard InChI is InChI=1S/C19H25N3O3S/c1-13-21-15(12-26-13)11-25-17-7-6-14(9-18(17)24-2)19(23)22-8-4-3-5-16(22)10-20/h6-7,9,12,16H,3-5,8,10-11,20H2,1-2H3/t16-/m0/s1. The van der Waals surface area contributed by atoms with Crippen LogP contribution in [0.1, 0.15) is 40.3 Å². The number of nitrogens with two attached hydrogens (primary N) is 1. The lowest BCUT2D eigenvalue weighted by Gasteiger charge is -2.35. The first kappa shape index (κ1) is 18.7. The molecule has 1 fully saturated rings. The van der Waals surface area contributed by atoms with Gasteiger partial charge in [-0.15, -0.1) is 11.3 Å². The lowest BCUT2D eigenvalue weighted by Crippen LogP contribution is -2.47. The van der Waals surface area contributed by atoms with Crippen molar-refractivity contribution in [3.8, 4) is 11.5 Å². The molecule has 1 aromatic carbocycles. The molecule has 26 heavy (non-hydrogen) atoms. The third kappa shape index (κ3) is 4.16. The highest BCUT2D eigenvalue weighted by atomic mass is 32.1. The van der Waals surface area contributed by atoms with Crippen molar-refractivity contribution in [1.29, 1.82) is 0 Å². The Labute approximate surface area is 157 Å². The maximum atomic E-state index is 12.9. The van der Waals surface area contributed by atoms with E-state index in [1.54, 1.807) is 36.6 Å². The molecule has 6 nitrogen and oxygen atoms in total. The van der Waals surface area contributed by atoms with E-state index in [4.69, 9.17) is 15.2 Å². The van der Waals surface area contributed by atoms with Crippen LogP contribution in [0.4, 0.5) is 0 Å². The second-order valence-electron chi connectivity index (χ2n) is 6.40. The first-order valence-electron chi connectivity index (χ1n) is 8.85. The quantitative estimate of drug-likeness (QED) is 0.840. The molecule has 7 heteroatoms. The molecule has 0 saturated carbocycles. The van der Waals surface area contributed by atoms with Crippen LogP contribution in [0.2, 0.25) is 0 Å². The number of methoxy groups -OCH3 is 1. The molecule has 2 aromatic rings. The van der Waals surface area contributed by atoms with E-state index in [1.807, 2.05) is 17.2 Å². The molecule has 0 unspecified atom stereocenters. The van der Waals surface area contributed by atoms with Crippen LogP contribution in [0.5, 0.6) is 11.5 Å². The molecule has 1 amide bonds. The summed E-state index contributed by atoms with van der Waals surface area (Å²) >= 11 is 1.59. The molecule has 3 rings (SSSR count). The number of hydrogen-bond donors (Lipinski definition) is 1. The highest BCUT2D eigenvalue weighted by molar-refractivity contribution is 7.09. The van der Waals surface area contributed by atoms with Crippen molar-refractivity contribution in [2.45, 2.75) is 38.8 Å². The Hall–Kier alpha value is -2.12. The van der Waals surface area contributed by atoms with E-state index in [2.05, 4.69) is 4.98 Å². The molecule has 1 aliphatic rings. The lowest BCUT2D eigenvalue weighted by molar-refractivity contribution is 0.0623. The number of rotatable bonds is 6. The summed E-state index contributed by atoms with van der Waals surface area (Å²) in [4.78, 5) is 19.2. The predicted octanol–water partition coefficient (Wildman–Crippen LogP) is 2.99. The molecule has 1 saturated heterocycles. The number of thiazole rings is 1. The molecule has 1 aliphatic heterocycles. The van der Waals surface area contributed by atoms with Crippen molar-refractivity contribution >= 4 is 17.2 Å². The van der Waals surface area contributed by atoms with Crippen LogP contribution in [0, 0.1) is 6.92 Å². The van der Waals surface area contributed by atoms with Crippen LogP contribution < -0.4 is 15.2 Å². The van der Waals surface area contributed by atoms with Crippen LogP contribution in [0.3, 0.4) is 0 Å². The van der Waals surface area contributed by atoms with E-state index in [-0.39, 0.29) is 11.9 Å². The zero-order chi connectivity index (χ0) is 18.5. The molecular formula is C19H25N3O3S. The zero-order valence-electron chi connectivity index (χ0n) is 15.2. The molecule has 2 N–H and O–H groups in total. The number of carbonyl (C=O) groups excluding carboxylic acids is 1. The van der Waals surface area contributed by atoms with E-state index < -0.39 is 0 Å². The number of piperidine rings is 1. The number of ether oxygens (including phenoxy) is 2. The Morgan fingerprint density at radius 2 is 2.23 bits per heavy atom. The molecule has 140 valence electrons. The van der Waals surface area contributed by atoms with Crippen molar-refractivity contribution in [2.24, 2.45) is 5.73 Å². The number of amides is 1. The van der Waals surface area contributed by atoms with Crippen LogP contribution in [0.25, 0.3) is 0 Å². The Balaban J connectivity index is 1.74. The van der Waals surface area contributed by atoms with E-state index in [0.717, 1.165) is 36.5 Å². The Morgan fingerprint density at radius 3 is 2.92 bits per heavy atom. The largest absolute Gasteiger partial charge is 0.493 e. The Morgan fingerprint density at radius 1 is 1.38 bits per heavy atom. The average Bonchev–Trinajstić information content (AvgIpc) is 3.10. The third-order valence-corrected chi connectivity index (χ3v) is 5.44. The number of nitrogens with zero attached hydrogens (tertiary/aromatic N) is 2. The molecule has 1 aromatic heterocycles. The van der Waals surface area contributed by atoms with Gasteiger partial charge in [-0.3, -0.25) is 4.79 Å². The summed E-state index contributed by atoms with van der Waals surface area (Å²) in [5.41, 5.74) is 7.32. The summed E-state index contributed by atoms with van der Waals surface area (Å²) < 4.78 is 11.3. The van der Waals surface area contributed by atoms with E-state index in [1.165, 1.54) is 0 Å². The summed E-state index contributed by atoms with van der Waals surface area (Å²) in [6.45, 7) is 3.58. The van der Waals surface area contributed by atoms with Crippen molar-refractivity contribution in [3.05, 3.63) is 39.8 Å². The maximum absolute atomic E-state index is 12.9. The molecule has 0 aliphatic carbocycles. The van der Waals surface area contributed by atoms with Crippen LogP contribution in [-0.4, -0.2) is 42.0 Å². The van der Waals surface area contributed by atoms with Crippen molar-refractivity contribution in [3.63, 3.8) is 0 Å². The summed E-state index contributed by atoms with van der Waals surface area (Å²) in [6, 6.07) is 5.43. The molecular weight excluding hydrogens is 350 g/mol. The Bertz CT molecular complexity index is 762. The van der Waals surface area contributed by atoms with Gasteiger partial charge in [0, 0.05) is 30.1 Å². The van der Waals surface area contributed by atoms with Gasteiger partial charge in [-0.1, -0.05) is 0 Å².